The Morgan fingerprint density at radius 2 is 2.14 bits per heavy atom. The van der Waals surface area contributed by atoms with E-state index in [-0.39, 0.29) is 30.3 Å². The first-order valence-corrected chi connectivity index (χ1v) is 7.47. The Morgan fingerprint density at radius 3 is 2.59 bits per heavy atom. The van der Waals surface area contributed by atoms with Crippen LogP contribution in [0.4, 0.5) is 5.82 Å². The number of piperidine rings is 1. The van der Waals surface area contributed by atoms with E-state index in [1.165, 1.54) is 10.8 Å². The van der Waals surface area contributed by atoms with Crippen molar-refractivity contribution in [2.24, 2.45) is 5.41 Å². The Labute approximate surface area is 128 Å². The van der Waals surface area contributed by atoms with Crippen LogP contribution in [0.5, 0.6) is 0 Å². The number of imidazole rings is 1. The summed E-state index contributed by atoms with van der Waals surface area (Å²) in [5.41, 5.74) is -0.0690. The van der Waals surface area contributed by atoms with Gasteiger partial charge in [-0.3, -0.25) is 9.36 Å². The van der Waals surface area contributed by atoms with Crippen molar-refractivity contribution in [3.63, 3.8) is 0 Å². The number of rotatable bonds is 5. The summed E-state index contributed by atoms with van der Waals surface area (Å²) in [7, 11) is 0. The van der Waals surface area contributed by atoms with Crippen LogP contribution in [0, 0.1) is 22.5 Å². The molecule has 0 saturated carbocycles. The van der Waals surface area contributed by atoms with Crippen LogP contribution in [0.25, 0.3) is 0 Å². The topological polar surface area (TPSA) is 102 Å². The van der Waals surface area contributed by atoms with Crippen LogP contribution in [0.1, 0.15) is 32.0 Å². The fourth-order valence-electron chi connectivity index (χ4n) is 2.84. The van der Waals surface area contributed by atoms with Crippen LogP contribution in [0.3, 0.4) is 0 Å². The first-order valence-electron chi connectivity index (χ1n) is 7.47. The van der Waals surface area contributed by atoms with Crippen molar-refractivity contribution in [3.05, 3.63) is 22.1 Å². The molecule has 2 heterocycles. The SMILES string of the molecule is CCC1(CO)CCN(C(=O)Cn2cc([N+](=O)[O-])nc2C)CC1. The Hall–Kier alpha value is -1.96. The van der Waals surface area contributed by atoms with E-state index < -0.39 is 4.92 Å². The molecule has 22 heavy (non-hydrogen) atoms. The Kier molecular flexibility index (Phi) is 4.80. The molecule has 8 heteroatoms. The molecule has 0 atom stereocenters. The van der Waals surface area contributed by atoms with Crippen molar-refractivity contribution in [3.8, 4) is 0 Å². The van der Waals surface area contributed by atoms with E-state index in [0.717, 1.165) is 19.3 Å². The molecule has 1 amide bonds. The molecule has 1 aliphatic heterocycles. The number of amides is 1. The highest BCUT2D eigenvalue weighted by atomic mass is 16.6. The number of aliphatic hydroxyl groups excluding tert-OH is 1. The molecule has 0 spiro atoms. The van der Waals surface area contributed by atoms with Gasteiger partial charge in [0.2, 0.25) is 11.7 Å². The zero-order valence-corrected chi connectivity index (χ0v) is 13.0. The lowest BCUT2D eigenvalue weighted by Crippen LogP contribution is -2.45. The molecule has 122 valence electrons. The summed E-state index contributed by atoms with van der Waals surface area (Å²) >= 11 is 0. The monoisotopic (exact) mass is 310 g/mol. The predicted molar refractivity (Wildman–Crippen MR) is 79.2 cm³/mol. The molecule has 1 N–H and O–H groups in total. The molecule has 8 nitrogen and oxygen atoms in total. The number of likely N-dealkylation sites (tertiary alicyclic amines) is 1. The van der Waals surface area contributed by atoms with Gasteiger partial charge in [0.1, 0.15) is 12.7 Å². The van der Waals surface area contributed by atoms with Gasteiger partial charge in [0, 0.05) is 26.6 Å². The lowest BCUT2D eigenvalue weighted by molar-refractivity contribution is -0.389. The van der Waals surface area contributed by atoms with Gasteiger partial charge in [0.15, 0.2) is 0 Å². The van der Waals surface area contributed by atoms with E-state index in [2.05, 4.69) is 11.9 Å². The minimum atomic E-state index is -0.564. The maximum absolute atomic E-state index is 12.3. The third-order valence-corrected chi connectivity index (χ3v) is 4.72. The van der Waals surface area contributed by atoms with Crippen molar-refractivity contribution < 1.29 is 14.8 Å². The van der Waals surface area contributed by atoms with Crippen LogP contribution in [-0.2, 0) is 11.3 Å². The fraction of sp³-hybridized carbons (Fsp3) is 0.714. The van der Waals surface area contributed by atoms with Crippen LogP contribution in [0.2, 0.25) is 0 Å². The summed E-state index contributed by atoms with van der Waals surface area (Å²) in [5, 5.41) is 20.2. The number of carbonyl (C=O) groups excluding carboxylic acids is 1. The molecule has 0 radical (unpaired) electrons. The maximum atomic E-state index is 12.3. The molecule has 1 aromatic heterocycles. The number of aromatic nitrogens is 2. The van der Waals surface area contributed by atoms with Gasteiger partial charge in [-0.2, -0.15) is 0 Å². The van der Waals surface area contributed by atoms with Crippen LogP contribution in [0.15, 0.2) is 6.20 Å². The van der Waals surface area contributed by atoms with Gasteiger partial charge in [-0.05, 0) is 34.6 Å². The molecular formula is C14H22N4O4. The van der Waals surface area contributed by atoms with Gasteiger partial charge in [-0.25, -0.2) is 0 Å². The molecular weight excluding hydrogens is 288 g/mol. The number of hydrogen-bond acceptors (Lipinski definition) is 5. The number of aryl methyl sites for hydroxylation is 1. The van der Waals surface area contributed by atoms with Gasteiger partial charge in [-0.15, -0.1) is 0 Å². The fourth-order valence-corrected chi connectivity index (χ4v) is 2.84. The Bertz CT molecular complexity index is 555. The van der Waals surface area contributed by atoms with Crippen LogP contribution >= 0.6 is 0 Å². The van der Waals surface area contributed by atoms with Crippen molar-refractivity contribution in [2.75, 3.05) is 19.7 Å². The largest absolute Gasteiger partial charge is 0.396 e. The third-order valence-electron chi connectivity index (χ3n) is 4.72. The molecule has 1 aromatic rings. The van der Waals surface area contributed by atoms with E-state index in [1.54, 1.807) is 11.8 Å². The first kappa shape index (κ1) is 16.4. The molecule has 0 unspecified atom stereocenters. The molecule has 0 aliphatic carbocycles. The van der Waals surface area contributed by atoms with Crippen LogP contribution in [-0.4, -0.2) is 50.1 Å². The smallest absolute Gasteiger partial charge is 0.381 e. The second-order valence-corrected chi connectivity index (χ2v) is 5.92. The standard InChI is InChI=1S/C14H22N4O4/c1-3-14(10-19)4-6-16(7-5-14)13(20)9-17-8-12(18(21)22)15-11(17)2/h8,19H,3-7,9-10H2,1-2H3. The number of carbonyl (C=O) groups is 1. The van der Waals surface area contributed by atoms with E-state index >= 15 is 0 Å². The molecule has 1 aliphatic rings. The van der Waals surface area contributed by atoms with Crippen molar-refractivity contribution >= 4 is 11.7 Å². The van der Waals surface area contributed by atoms with E-state index in [1.807, 2.05) is 0 Å². The summed E-state index contributed by atoms with van der Waals surface area (Å²) < 4.78 is 1.51. The lowest BCUT2D eigenvalue weighted by atomic mass is 9.77. The average molecular weight is 310 g/mol. The zero-order chi connectivity index (χ0) is 16.3. The van der Waals surface area contributed by atoms with Gasteiger partial charge in [0.05, 0.1) is 0 Å². The normalized spacial score (nSPS) is 17.5. The van der Waals surface area contributed by atoms with Crippen molar-refractivity contribution in [2.45, 2.75) is 39.7 Å². The van der Waals surface area contributed by atoms with Crippen molar-refractivity contribution in [1.29, 1.82) is 0 Å². The molecule has 0 bridgehead atoms. The second kappa shape index (κ2) is 6.43. The van der Waals surface area contributed by atoms with Crippen LogP contribution < -0.4 is 0 Å². The van der Waals surface area contributed by atoms with Gasteiger partial charge in [0.25, 0.3) is 0 Å². The van der Waals surface area contributed by atoms with Gasteiger partial charge in [-0.1, -0.05) is 6.92 Å². The number of nitrogens with zero attached hydrogens (tertiary/aromatic N) is 4. The first-order chi connectivity index (χ1) is 10.4. The Balaban J connectivity index is 1.98. The highest BCUT2D eigenvalue weighted by molar-refractivity contribution is 5.76. The number of nitro groups is 1. The second-order valence-electron chi connectivity index (χ2n) is 5.92. The Morgan fingerprint density at radius 1 is 1.50 bits per heavy atom. The summed E-state index contributed by atoms with van der Waals surface area (Å²) in [5.74, 6) is 0.141. The highest BCUT2D eigenvalue weighted by Crippen LogP contribution is 2.34. The summed E-state index contributed by atoms with van der Waals surface area (Å²) in [6, 6.07) is 0. The van der Waals surface area contributed by atoms with Gasteiger partial charge >= 0.3 is 5.82 Å². The number of hydrogen-bond donors (Lipinski definition) is 1. The average Bonchev–Trinajstić information content (AvgIpc) is 2.88. The van der Waals surface area contributed by atoms with E-state index in [4.69, 9.17) is 0 Å². The summed E-state index contributed by atoms with van der Waals surface area (Å²) in [4.78, 5) is 28.0. The minimum absolute atomic E-state index is 0.0604. The summed E-state index contributed by atoms with van der Waals surface area (Å²) in [6.07, 6.45) is 3.77. The quantitative estimate of drug-likeness (QED) is 0.648. The minimum Gasteiger partial charge on any atom is -0.396 e. The highest BCUT2D eigenvalue weighted by Gasteiger charge is 2.34. The maximum Gasteiger partial charge on any atom is 0.381 e. The zero-order valence-electron chi connectivity index (χ0n) is 13.0. The molecule has 2 rings (SSSR count). The molecule has 0 aromatic carbocycles. The lowest BCUT2D eigenvalue weighted by Gasteiger charge is -2.40. The van der Waals surface area contributed by atoms with Gasteiger partial charge < -0.3 is 20.1 Å². The predicted octanol–water partition coefficient (Wildman–Crippen LogP) is 1.11. The number of aliphatic hydroxyl groups is 1. The van der Waals surface area contributed by atoms with Crippen molar-refractivity contribution in [1.82, 2.24) is 14.5 Å². The van der Waals surface area contributed by atoms with E-state index in [9.17, 15) is 20.0 Å². The molecule has 1 saturated heterocycles. The summed E-state index contributed by atoms with van der Waals surface area (Å²) in [6.45, 7) is 5.14. The molecule has 1 fully saturated rings. The van der Waals surface area contributed by atoms with E-state index in [0.29, 0.717) is 18.9 Å². The third kappa shape index (κ3) is 3.27.